The first-order valence-electron chi connectivity index (χ1n) is 3.68. The molecule has 0 aromatic heterocycles. The van der Waals surface area contributed by atoms with Gasteiger partial charge in [-0.25, -0.2) is 9.59 Å². The Morgan fingerprint density at radius 1 is 1.00 bits per heavy atom. The molecular weight excluding hydrogens is 412 g/mol. The van der Waals surface area contributed by atoms with E-state index >= 15 is 0 Å². The molecule has 0 radical (unpaired) electrons. The fourth-order valence-corrected chi connectivity index (χ4v) is 0.741. The SMILES string of the molecule is C#CCOC(=O)Cl.O=C(OC(Cl)(Cl)Cl)OC(Cl)(Cl)Cl. The summed E-state index contributed by atoms with van der Waals surface area (Å²) in [4.78, 5) is 20.2. The number of terminal acetylenes is 1. The van der Waals surface area contributed by atoms with Gasteiger partial charge >= 0.3 is 19.5 Å². The molecule has 5 nitrogen and oxygen atoms in total. The summed E-state index contributed by atoms with van der Waals surface area (Å²) in [7, 11) is 0. The van der Waals surface area contributed by atoms with Gasteiger partial charge in [-0.3, -0.25) is 0 Å². The zero-order chi connectivity index (χ0) is 15.7. The van der Waals surface area contributed by atoms with Crippen LogP contribution >= 0.6 is 81.2 Å². The zero-order valence-corrected chi connectivity index (χ0v) is 13.8. The summed E-state index contributed by atoms with van der Waals surface area (Å²) in [6.07, 6.45) is 3.28. The highest BCUT2D eigenvalue weighted by molar-refractivity contribution is 6.67. The molecule has 0 aliphatic carbocycles. The average molecular weight is 415 g/mol. The highest BCUT2D eigenvalue weighted by atomic mass is 35.6. The van der Waals surface area contributed by atoms with Gasteiger partial charge in [0.15, 0.2) is 6.61 Å². The van der Waals surface area contributed by atoms with E-state index in [4.69, 9.17) is 87.6 Å². The van der Waals surface area contributed by atoms with E-state index in [1.807, 2.05) is 0 Å². The lowest BCUT2D eigenvalue weighted by Gasteiger charge is -2.15. The normalized spacial score (nSPS) is 10.4. The molecule has 0 aromatic rings. The molecule has 0 spiro atoms. The van der Waals surface area contributed by atoms with Crippen LogP contribution in [-0.2, 0) is 14.2 Å². The highest BCUT2D eigenvalue weighted by Gasteiger charge is 2.32. The number of ether oxygens (including phenoxy) is 3. The van der Waals surface area contributed by atoms with E-state index in [0.29, 0.717) is 0 Å². The predicted molar refractivity (Wildman–Crippen MR) is 74.2 cm³/mol. The molecular formula is C7H3Cl7O5. The standard InChI is InChI=1S/C4H3ClO2.C3Cl6O3/c1-2-3-7-4(5)6;4-2(5,6)11-1(10)12-3(7,8)9/h1H,3H2;. The fourth-order valence-electron chi connectivity index (χ4n) is 0.308. The van der Waals surface area contributed by atoms with Gasteiger partial charge < -0.3 is 14.2 Å². The molecule has 0 unspecified atom stereocenters. The van der Waals surface area contributed by atoms with Crippen molar-refractivity contribution < 1.29 is 23.8 Å². The monoisotopic (exact) mass is 412 g/mol. The third-order valence-electron chi connectivity index (χ3n) is 0.667. The first kappa shape index (κ1) is 21.6. The molecule has 0 bridgehead atoms. The van der Waals surface area contributed by atoms with Crippen LogP contribution in [0.2, 0.25) is 0 Å². The van der Waals surface area contributed by atoms with Crippen LogP contribution in [0.5, 0.6) is 0 Å². The van der Waals surface area contributed by atoms with Crippen LogP contribution in [0.15, 0.2) is 0 Å². The molecule has 0 amide bonds. The van der Waals surface area contributed by atoms with Gasteiger partial charge in [0.2, 0.25) is 0 Å². The molecule has 0 heterocycles. The van der Waals surface area contributed by atoms with Gasteiger partial charge in [0.05, 0.1) is 0 Å². The molecule has 0 saturated carbocycles. The highest BCUT2D eigenvalue weighted by Crippen LogP contribution is 2.32. The molecule has 0 aliphatic heterocycles. The lowest BCUT2D eigenvalue weighted by molar-refractivity contribution is 0.0508. The Kier molecular flexibility index (Phi) is 11.5. The van der Waals surface area contributed by atoms with Crippen LogP contribution in [0.3, 0.4) is 0 Å². The molecule has 12 heteroatoms. The summed E-state index contributed by atoms with van der Waals surface area (Å²) >= 11 is 34.9. The summed E-state index contributed by atoms with van der Waals surface area (Å²) in [6.45, 7) is -0.0532. The molecule has 0 rings (SSSR count). The predicted octanol–water partition coefficient (Wildman–Crippen LogP) is 4.79. The van der Waals surface area contributed by atoms with Crippen LogP contribution in [0.25, 0.3) is 0 Å². The van der Waals surface area contributed by atoms with Crippen LogP contribution in [0.1, 0.15) is 0 Å². The summed E-state index contributed by atoms with van der Waals surface area (Å²) in [5.41, 5.74) is -0.863. The Labute approximate surface area is 143 Å². The minimum absolute atomic E-state index is 0.0532. The Hall–Kier alpha value is 0.330. The Balaban J connectivity index is 0. The molecule has 0 fully saturated rings. The van der Waals surface area contributed by atoms with E-state index in [1.54, 1.807) is 0 Å². The van der Waals surface area contributed by atoms with Crippen LogP contribution < -0.4 is 0 Å². The number of halogens is 7. The fraction of sp³-hybridized carbons (Fsp3) is 0.429. The smallest absolute Gasteiger partial charge is 0.441 e. The molecule has 110 valence electrons. The van der Waals surface area contributed by atoms with Gasteiger partial charge in [0, 0.05) is 11.6 Å². The van der Waals surface area contributed by atoms with Crippen molar-refractivity contribution >= 4 is 92.8 Å². The van der Waals surface area contributed by atoms with E-state index in [2.05, 4.69) is 20.1 Å². The van der Waals surface area contributed by atoms with Gasteiger partial charge in [-0.1, -0.05) is 5.92 Å². The van der Waals surface area contributed by atoms with Crippen molar-refractivity contribution in [2.24, 2.45) is 0 Å². The van der Waals surface area contributed by atoms with Gasteiger partial charge in [-0.2, -0.15) is 0 Å². The molecule has 19 heavy (non-hydrogen) atoms. The number of carbonyl (C=O) groups is 2. The van der Waals surface area contributed by atoms with Gasteiger partial charge in [0.1, 0.15) is 0 Å². The second kappa shape index (κ2) is 10.1. The van der Waals surface area contributed by atoms with Gasteiger partial charge in [-0.15, -0.1) is 6.42 Å². The van der Waals surface area contributed by atoms with E-state index in [0.717, 1.165) is 0 Å². The maximum Gasteiger partial charge on any atom is 0.515 e. The average Bonchev–Trinajstić information content (AvgIpc) is 2.08. The maximum absolute atomic E-state index is 10.5. The van der Waals surface area contributed by atoms with E-state index in [1.165, 1.54) is 0 Å². The summed E-state index contributed by atoms with van der Waals surface area (Å²) in [5, 5.41) is 0. The third kappa shape index (κ3) is 23.8. The summed E-state index contributed by atoms with van der Waals surface area (Å²) in [5.74, 6) is 2.07. The largest absolute Gasteiger partial charge is 0.515 e. The minimum Gasteiger partial charge on any atom is -0.441 e. The number of hydrogen-bond donors (Lipinski definition) is 0. The van der Waals surface area contributed by atoms with Crippen LogP contribution in [0, 0.1) is 12.3 Å². The number of alkyl halides is 6. The second-order valence-electron chi connectivity index (χ2n) is 2.08. The topological polar surface area (TPSA) is 61.8 Å². The van der Waals surface area contributed by atoms with E-state index in [-0.39, 0.29) is 6.61 Å². The Bertz CT molecular complexity index is 321. The van der Waals surface area contributed by atoms with Crippen molar-refractivity contribution in [3.63, 3.8) is 0 Å². The van der Waals surface area contributed by atoms with Crippen molar-refractivity contribution in [3.8, 4) is 12.3 Å². The summed E-state index contributed by atoms with van der Waals surface area (Å²) < 4.78 is 7.59. The third-order valence-corrected chi connectivity index (χ3v) is 1.24. The van der Waals surface area contributed by atoms with Crippen molar-refractivity contribution in [1.29, 1.82) is 0 Å². The van der Waals surface area contributed by atoms with E-state index < -0.39 is 19.5 Å². The molecule has 0 saturated heterocycles. The summed E-state index contributed by atoms with van der Waals surface area (Å²) in [6, 6.07) is 0. The van der Waals surface area contributed by atoms with Crippen molar-refractivity contribution in [3.05, 3.63) is 0 Å². The molecule has 0 atom stereocenters. The zero-order valence-electron chi connectivity index (χ0n) is 8.47. The Morgan fingerprint density at radius 3 is 1.53 bits per heavy atom. The van der Waals surface area contributed by atoms with Gasteiger partial charge in [-0.05, 0) is 69.6 Å². The van der Waals surface area contributed by atoms with Crippen LogP contribution in [-0.4, -0.2) is 26.1 Å². The molecule has 0 N–H and O–H groups in total. The lowest BCUT2D eigenvalue weighted by Crippen LogP contribution is -2.22. The second-order valence-corrected chi connectivity index (χ2v) is 6.74. The lowest BCUT2D eigenvalue weighted by atomic mass is 10.8. The number of carbonyl (C=O) groups excluding carboxylic acids is 2. The first-order valence-corrected chi connectivity index (χ1v) is 6.33. The first-order chi connectivity index (χ1) is 8.37. The van der Waals surface area contributed by atoms with E-state index in [9.17, 15) is 9.59 Å². The van der Waals surface area contributed by atoms with Crippen molar-refractivity contribution in [1.82, 2.24) is 0 Å². The quantitative estimate of drug-likeness (QED) is 0.267. The van der Waals surface area contributed by atoms with Crippen molar-refractivity contribution in [2.75, 3.05) is 6.61 Å². The minimum atomic E-state index is -2.24. The van der Waals surface area contributed by atoms with Gasteiger partial charge in [0.25, 0.3) is 0 Å². The van der Waals surface area contributed by atoms with Crippen LogP contribution in [0.4, 0.5) is 9.59 Å². The number of hydrogen-bond acceptors (Lipinski definition) is 5. The number of rotatable bonds is 1. The maximum atomic E-state index is 10.5. The van der Waals surface area contributed by atoms with Crippen molar-refractivity contribution in [2.45, 2.75) is 7.96 Å². The Morgan fingerprint density at radius 2 is 1.37 bits per heavy atom. The molecule has 0 aliphatic rings. The molecule has 0 aromatic carbocycles.